The number of aromatic nitrogens is 4. The number of hydrogen-bond donors (Lipinski definition) is 1. The van der Waals surface area contributed by atoms with Gasteiger partial charge in [0, 0.05) is 5.56 Å². The lowest BCUT2D eigenvalue weighted by Gasteiger charge is -2.30. The molecule has 0 fully saturated rings. The maximum atomic E-state index is 12.0. The number of anilines is 1. The molecule has 0 saturated heterocycles. The predicted molar refractivity (Wildman–Crippen MR) is 149 cm³/mol. The zero-order chi connectivity index (χ0) is 27.3. The topological polar surface area (TPSA) is 120 Å². The molecule has 3 aromatic heterocycles. The van der Waals surface area contributed by atoms with Gasteiger partial charge in [-0.3, -0.25) is 4.90 Å². The van der Waals surface area contributed by atoms with Crippen molar-refractivity contribution in [2.24, 2.45) is 0 Å². The summed E-state index contributed by atoms with van der Waals surface area (Å²) in [6.45, 7) is 4.19. The molecule has 198 valence electrons. The Morgan fingerprint density at radius 1 is 1.18 bits per heavy atom. The summed E-state index contributed by atoms with van der Waals surface area (Å²) in [6.07, 6.45) is 1.35. The molecule has 0 bridgehead atoms. The first-order valence-corrected chi connectivity index (χ1v) is 13.2. The number of halogens is 1. The third-order valence-electron chi connectivity index (χ3n) is 6.33. The van der Waals surface area contributed by atoms with Gasteiger partial charge in [-0.25, -0.2) is 24.7 Å². The zero-order valence-corrected chi connectivity index (χ0v) is 22.7. The largest absolute Gasteiger partial charge is 0.484 e. The number of carboxylic acid groups (broad SMARTS) is 1. The third-order valence-corrected chi connectivity index (χ3v) is 7.65. The van der Waals surface area contributed by atoms with E-state index >= 15 is 0 Å². The van der Waals surface area contributed by atoms with E-state index in [0.717, 1.165) is 47.8 Å². The molecular formula is C27H22ClN5O5S. The van der Waals surface area contributed by atoms with Crippen LogP contribution in [0.15, 0.2) is 42.7 Å². The fraction of sp³-hybridized carbons (Fsp3) is 0.222. The van der Waals surface area contributed by atoms with Crippen LogP contribution in [-0.4, -0.2) is 57.5 Å². The van der Waals surface area contributed by atoms with Crippen LogP contribution in [0.25, 0.3) is 31.8 Å². The molecule has 4 heterocycles. The predicted octanol–water partition coefficient (Wildman–Crippen LogP) is 5.90. The highest BCUT2D eigenvalue weighted by molar-refractivity contribution is 7.22. The smallest absolute Gasteiger partial charge is 0.411 e. The van der Waals surface area contributed by atoms with Crippen molar-refractivity contribution >= 4 is 56.0 Å². The highest BCUT2D eigenvalue weighted by Gasteiger charge is 2.30. The van der Waals surface area contributed by atoms with E-state index < -0.39 is 12.2 Å². The average molecular weight is 564 g/mol. The van der Waals surface area contributed by atoms with Crippen LogP contribution in [0.3, 0.4) is 0 Å². The van der Waals surface area contributed by atoms with Gasteiger partial charge >= 0.3 is 6.09 Å². The van der Waals surface area contributed by atoms with E-state index in [1.165, 1.54) is 17.5 Å². The van der Waals surface area contributed by atoms with E-state index in [9.17, 15) is 9.90 Å². The van der Waals surface area contributed by atoms with Crippen molar-refractivity contribution in [3.63, 3.8) is 0 Å². The summed E-state index contributed by atoms with van der Waals surface area (Å²) >= 11 is 7.35. The van der Waals surface area contributed by atoms with Gasteiger partial charge in [0.2, 0.25) is 5.88 Å². The van der Waals surface area contributed by atoms with Crippen LogP contribution >= 0.6 is 22.9 Å². The first kappa shape index (κ1) is 25.1. The van der Waals surface area contributed by atoms with Gasteiger partial charge in [-0.05, 0) is 55.3 Å². The number of amides is 1. The van der Waals surface area contributed by atoms with Gasteiger partial charge in [-0.2, -0.15) is 0 Å². The summed E-state index contributed by atoms with van der Waals surface area (Å²) in [5.41, 5.74) is 5.48. The van der Waals surface area contributed by atoms with Crippen molar-refractivity contribution in [2.75, 3.05) is 25.2 Å². The first-order chi connectivity index (χ1) is 18.8. The summed E-state index contributed by atoms with van der Waals surface area (Å²) in [7, 11) is 1.56. The number of nitrogens with zero attached hydrogens (tertiary/aromatic N) is 5. The van der Waals surface area contributed by atoms with Gasteiger partial charge in [-0.15, -0.1) is 11.3 Å². The zero-order valence-electron chi connectivity index (χ0n) is 21.1. The van der Waals surface area contributed by atoms with E-state index in [4.69, 9.17) is 30.8 Å². The number of fused-ring (bicyclic) bond motifs is 4. The van der Waals surface area contributed by atoms with E-state index in [2.05, 4.69) is 15.0 Å². The number of thiazole rings is 1. The molecule has 0 spiro atoms. The van der Waals surface area contributed by atoms with Crippen molar-refractivity contribution in [3.8, 4) is 28.0 Å². The fourth-order valence-corrected chi connectivity index (χ4v) is 5.80. The molecule has 2 aromatic carbocycles. The Balaban J connectivity index is 1.35. The van der Waals surface area contributed by atoms with Gasteiger partial charge in [0.25, 0.3) is 0 Å². The van der Waals surface area contributed by atoms with Crippen molar-refractivity contribution < 1.29 is 24.1 Å². The summed E-state index contributed by atoms with van der Waals surface area (Å²) in [6, 6.07) is 9.03. The molecule has 5 aromatic rings. The second-order valence-electron chi connectivity index (χ2n) is 9.09. The maximum absolute atomic E-state index is 12.0. The third kappa shape index (κ3) is 4.64. The molecule has 0 saturated carbocycles. The number of pyridine rings is 1. The quantitative estimate of drug-likeness (QED) is 0.260. The molecular weight excluding hydrogens is 542 g/mol. The molecule has 0 radical (unpaired) electrons. The maximum Gasteiger partial charge on any atom is 0.411 e. The van der Waals surface area contributed by atoms with Crippen LogP contribution in [0.1, 0.15) is 11.1 Å². The minimum atomic E-state index is -1.13. The van der Waals surface area contributed by atoms with Gasteiger partial charge in [0.05, 0.1) is 48.3 Å². The highest BCUT2D eigenvalue weighted by atomic mass is 35.5. The van der Waals surface area contributed by atoms with Crippen LogP contribution in [0.2, 0.25) is 5.15 Å². The van der Waals surface area contributed by atoms with Gasteiger partial charge in [-0.1, -0.05) is 11.6 Å². The normalized spacial score (nSPS) is 14.5. The summed E-state index contributed by atoms with van der Waals surface area (Å²) in [5.74, 6) is 1.59. The molecule has 1 atom stereocenters. The van der Waals surface area contributed by atoms with Crippen LogP contribution in [-0.2, 0) is 0 Å². The SMILES string of the molecule is COc1cnc2c(-c3nc4c(C)cc5c(c4s3)OC[C@@H](CN(C(=O)O)c3ccc(Cl)nc3)O5)cc(C)cc2n1. The molecule has 1 amide bonds. The van der Waals surface area contributed by atoms with Crippen LogP contribution in [0, 0.1) is 13.8 Å². The van der Waals surface area contributed by atoms with Gasteiger partial charge in [0.1, 0.15) is 21.5 Å². The Morgan fingerprint density at radius 2 is 2.03 bits per heavy atom. The fourth-order valence-electron chi connectivity index (χ4n) is 4.54. The highest BCUT2D eigenvalue weighted by Crippen LogP contribution is 2.46. The first-order valence-electron chi connectivity index (χ1n) is 12.0. The number of benzene rings is 2. The number of carbonyl (C=O) groups is 1. The number of ether oxygens (including phenoxy) is 3. The van der Waals surface area contributed by atoms with Crippen molar-refractivity contribution in [1.82, 2.24) is 19.9 Å². The lowest BCUT2D eigenvalue weighted by Crippen LogP contribution is -2.43. The number of aryl methyl sites for hydroxylation is 2. The minimum Gasteiger partial charge on any atom is -0.484 e. The molecule has 1 N–H and O–H groups in total. The Kier molecular flexibility index (Phi) is 6.32. The Labute approximate surface area is 231 Å². The molecule has 39 heavy (non-hydrogen) atoms. The van der Waals surface area contributed by atoms with E-state index in [1.807, 2.05) is 32.0 Å². The number of methoxy groups -OCH3 is 1. The van der Waals surface area contributed by atoms with Gasteiger partial charge < -0.3 is 19.3 Å². The van der Waals surface area contributed by atoms with Crippen molar-refractivity contribution in [3.05, 3.63) is 59.0 Å². The summed E-state index contributed by atoms with van der Waals surface area (Å²) in [5, 5.41) is 10.9. The Bertz CT molecular complexity index is 1740. The van der Waals surface area contributed by atoms with Gasteiger partial charge in [0.15, 0.2) is 17.6 Å². The number of rotatable bonds is 5. The Morgan fingerprint density at radius 3 is 2.77 bits per heavy atom. The van der Waals surface area contributed by atoms with Crippen LogP contribution in [0.4, 0.5) is 10.5 Å². The monoisotopic (exact) mass is 563 g/mol. The summed E-state index contributed by atoms with van der Waals surface area (Å²) in [4.78, 5) is 31.2. The molecule has 6 rings (SSSR count). The number of hydrogen-bond acceptors (Lipinski definition) is 9. The molecule has 0 aliphatic carbocycles. The lowest BCUT2D eigenvalue weighted by atomic mass is 10.1. The van der Waals surface area contributed by atoms with Crippen LogP contribution < -0.4 is 19.1 Å². The standard InChI is InChI=1S/C27H22ClN5O5S/c1-13-6-17(23-18(7-13)31-21(36-3)10-30-23)26-32-22-14(2)8-19-24(25(22)39-26)37-12-16(38-19)11-33(27(34)35)15-4-5-20(28)29-9-15/h4-10,16H,11-12H2,1-3H3,(H,34,35)/t16-/m1/s1. The van der Waals surface area contributed by atoms with Crippen molar-refractivity contribution in [2.45, 2.75) is 20.0 Å². The Hall–Kier alpha value is -4.22. The molecule has 1 aliphatic heterocycles. The van der Waals surface area contributed by atoms with E-state index in [-0.39, 0.29) is 18.3 Å². The molecule has 0 unspecified atom stereocenters. The van der Waals surface area contributed by atoms with E-state index in [0.29, 0.717) is 23.1 Å². The molecule has 1 aliphatic rings. The molecule has 10 nitrogen and oxygen atoms in total. The molecule has 12 heteroatoms. The second-order valence-corrected chi connectivity index (χ2v) is 10.5. The average Bonchev–Trinajstić information content (AvgIpc) is 3.37. The summed E-state index contributed by atoms with van der Waals surface area (Å²) < 4.78 is 18.5. The second kappa shape index (κ2) is 9.83. The minimum absolute atomic E-state index is 0.0561. The van der Waals surface area contributed by atoms with Crippen LogP contribution in [0.5, 0.6) is 17.4 Å². The van der Waals surface area contributed by atoms with E-state index in [1.54, 1.807) is 25.4 Å². The van der Waals surface area contributed by atoms with Crippen molar-refractivity contribution in [1.29, 1.82) is 0 Å². The lowest BCUT2D eigenvalue weighted by molar-refractivity contribution is 0.0961.